The second-order valence-electron chi connectivity index (χ2n) is 5.50. The van der Waals surface area contributed by atoms with Gasteiger partial charge in [-0.1, -0.05) is 39.7 Å². The van der Waals surface area contributed by atoms with Gasteiger partial charge in [-0.05, 0) is 43.2 Å². The molecular formula is C18H20BrClN2O2. The van der Waals surface area contributed by atoms with Crippen molar-refractivity contribution in [3.8, 4) is 5.75 Å². The fourth-order valence-corrected chi connectivity index (χ4v) is 2.66. The second kappa shape index (κ2) is 8.51. The zero-order valence-electron chi connectivity index (χ0n) is 13.8. The van der Waals surface area contributed by atoms with Gasteiger partial charge in [-0.15, -0.1) is 0 Å². The largest absolute Gasteiger partial charge is 0.495 e. The second-order valence-corrected chi connectivity index (χ2v) is 6.83. The van der Waals surface area contributed by atoms with Crippen LogP contribution in [0.25, 0.3) is 0 Å². The van der Waals surface area contributed by atoms with Crippen LogP contribution in [-0.4, -0.2) is 19.6 Å². The molecule has 0 aliphatic rings. The smallest absolute Gasteiger partial charge is 0.238 e. The molecule has 6 heteroatoms. The number of hydrogen-bond donors (Lipinski definition) is 2. The molecule has 2 aromatic rings. The van der Waals surface area contributed by atoms with Gasteiger partial charge in [-0.2, -0.15) is 0 Å². The van der Waals surface area contributed by atoms with Crippen molar-refractivity contribution in [2.45, 2.75) is 19.9 Å². The van der Waals surface area contributed by atoms with Crippen molar-refractivity contribution in [3.63, 3.8) is 0 Å². The lowest BCUT2D eigenvalue weighted by Crippen LogP contribution is -2.30. The van der Waals surface area contributed by atoms with Gasteiger partial charge in [-0.3, -0.25) is 4.79 Å². The van der Waals surface area contributed by atoms with Crippen molar-refractivity contribution < 1.29 is 9.53 Å². The molecule has 2 rings (SSSR count). The molecule has 2 N–H and O–H groups in total. The summed E-state index contributed by atoms with van der Waals surface area (Å²) in [7, 11) is 1.55. The van der Waals surface area contributed by atoms with E-state index in [-0.39, 0.29) is 18.5 Å². The molecule has 4 nitrogen and oxygen atoms in total. The van der Waals surface area contributed by atoms with Gasteiger partial charge in [0, 0.05) is 21.6 Å². The first kappa shape index (κ1) is 18.8. The predicted molar refractivity (Wildman–Crippen MR) is 102 cm³/mol. The molecule has 1 atom stereocenters. The Kier molecular flexibility index (Phi) is 6.66. The molecule has 0 saturated carbocycles. The molecule has 0 radical (unpaired) electrons. The Labute approximate surface area is 155 Å². The standard InChI is InChI=1S/C18H20BrClN2O2/c1-11-8-16(17(24-3)9-15(11)20)22-18(23)10-21-12(2)13-4-6-14(19)7-5-13/h4-9,12,21H,10H2,1-3H3,(H,22,23)/t12-/m1/s1. The summed E-state index contributed by atoms with van der Waals surface area (Å²) < 4.78 is 6.29. The summed E-state index contributed by atoms with van der Waals surface area (Å²) in [6.45, 7) is 4.09. The lowest BCUT2D eigenvalue weighted by Gasteiger charge is -2.16. The van der Waals surface area contributed by atoms with Crippen LogP contribution < -0.4 is 15.4 Å². The number of methoxy groups -OCH3 is 1. The Bertz CT molecular complexity index is 720. The maximum atomic E-state index is 12.2. The summed E-state index contributed by atoms with van der Waals surface area (Å²) in [6.07, 6.45) is 0. The van der Waals surface area contributed by atoms with Crippen molar-refractivity contribution in [2.24, 2.45) is 0 Å². The van der Waals surface area contributed by atoms with Crippen LogP contribution in [0.15, 0.2) is 40.9 Å². The van der Waals surface area contributed by atoms with Crippen molar-refractivity contribution >= 4 is 39.1 Å². The average Bonchev–Trinajstić information content (AvgIpc) is 2.56. The third-order valence-electron chi connectivity index (χ3n) is 3.69. The van der Waals surface area contributed by atoms with Crippen LogP contribution in [0.5, 0.6) is 5.75 Å². The maximum absolute atomic E-state index is 12.2. The Hall–Kier alpha value is -1.56. The number of nitrogens with one attached hydrogen (secondary N) is 2. The molecular weight excluding hydrogens is 392 g/mol. The first-order chi connectivity index (χ1) is 11.4. The molecule has 0 aliphatic carbocycles. The molecule has 24 heavy (non-hydrogen) atoms. The lowest BCUT2D eigenvalue weighted by atomic mass is 10.1. The number of rotatable bonds is 6. The van der Waals surface area contributed by atoms with Crippen molar-refractivity contribution in [2.75, 3.05) is 19.0 Å². The van der Waals surface area contributed by atoms with Gasteiger partial charge in [-0.25, -0.2) is 0 Å². The fraction of sp³-hybridized carbons (Fsp3) is 0.278. The van der Waals surface area contributed by atoms with E-state index in [1.807, 2.05) is 38.1 Å². The van der Waals surface area contributed by atoms with Crippen LogP contribution in [0, 0.1) is 6.92 Å². The molecule has 0 heterocycles. The highest BCUT2D eigenvalue weighted by Crippen LogP contribution is 2.30. The molecule has 2 aromatic carbocycles. The van der Waals surface area contributed by atoms with Crippen LogP contribution in [0.2, 0.25) is 5.02 Å². The number of aryl methyl sites for hydroxylation is 1. The van der Waals surface area contributed by atoms with Gasteiger partial charge >= 0.3 is 0 Å². The molecule has 0 fully saturated rings. The SMILES string of the molecule is COc1cc(Cl)c(C)cc1NC(=O)CN[C@H](C)c1ccc(Br)cc1. The van der Waals surface area contributed by atoms with E-state index in [0.29, 0.717) is 16.5 Å². The Balaban J connectivity index is 1.96. The van der Waals surface area contributed by atoms with Crippen LogP contribution >= 0.6 is 27.5 Å². The summed E-state index contributed by atoms with van der Waals surface area (Å²) in [6, 6.07) is 11.6. The van der Waals surface area contributed by atoms with Gasteiger partial charge in [0.1, 0.15) is 5.75 Å². The quantitative estimate of drug-likeness (QED) is 0.724. The molecule has 0 unspecified atom stereocenters. The summed E-state index contributed by atoms with van der Waals surface area (Å²) in [5, 5.41) is 6.66. The molecule has 0 aliphatic heterocycles. The third kappa shape index (κ3) is 4.97. The van der Waals surface area contributed by atoms with Crippen LogP contribution in [-0.2, 0) is 4.79 Å². The van der Waals surface area contributed by atoms with E-state index < -0.39 is 0 Å². The first-order valence-electron chi connectivity index (χ1n) is 7.53. The van der Waals surface area contributed by atoms with E-state index >= 15 is 0 Å². The van der Waals surface area contributed by atoms with Crippen molar-refractivity contribution in [1.29, 1.82) is 0 Å². The van der Waals surface area contributed by atoms with Crippen molar-refractivity contribution in [1.82, 2.24) is 5.32 Å². The topological polar surface area (TPSA) is 50.4 Å². The van der Waals surface area contributed by atoms with E-state index in [9.17, 15) is 4.79 Å². The Morgan fingerprint density at radius 1 is 1.29 bits per heavy atom. The van der Waals surface area contributed by atoms with E-state index in [1.165, 1.54) is 0 Å². The number of ether oxygens (including phenoxy) is 1. The van der Waals surface area contributed by atoms with Crippen LogP contribution in [0.4, 0.5) is 5.69 Å². The highest BCUT2D eigenvalue weighted by atomic mass is 79.9. The van der Waals surface area contributed by atoms with Gasteiger partial charge in [0.15, 0.2) is 0 Å². The van der Waals surface area contributed by atoms with Crippen molar-refractivity contribution in [3.05, 3.63) is 57.0 Å². The first-order valence-corrected chi connectivity index (χ1v) is 8.70. The average molecular weight is 412 g/mol. The van der Waals surface area contributed by atoms with E-state index in [4.69, 9.17) is 16.3 Å². The van der Waals surface area contributed by atoms with Gasteiger partial charge in [0.25, 0.3) is 0 Å². The van der Waals surface area contributed by atoms with Crippen LogP contribution in [0.1, 0.15) is 24.1 Å². The zero-order valence-corrected chi connectivity index (χ0v) is 16.2. The van der Waals surface area contributed by atoms with E-state index in [1.54, 1.807) is 19.2 Å². The van der Waals surface area contributed by atoms with E-state index in [0.717, 1.165) is 15.6 Å². The minimum absolute atomic E-state index is 0.0673. The molecule has 0 aromatic heterocycles. The van der Waals surface area contributed by atoms with Gasteiger partial charge < -0.3 is 15.4 Å². The number of halogens is 2. The molecule has 128 valence electrons. The minimum Gasteiger partial charge on any atom is -0.495 e. The number of anilines is 1. The maximum Gasteiger partial charge on any atom is 0.238 e. The summed E-state index contributed by atoms with van der Waals surface area (Å²) in [5.41, 5.74) is 2.61. The predicted octanol–water partition coefficient (Wildman–Crippen LogP) is 4.71. The lowest BCUT2D eigenvalue weighted by molar-refractivity contribution is -0.115. The van der Waals surface area contributed by atoms with E-state index in [2.05, 4.69) is 26.6 Å². The minimum atomic E-state index is -0.140. The molecule has 0 saturated heterocycles. The number of amides is 1. The number of benzene rings is 2. The van der Waals surface area contributed by atoms with Gasteiger partial charge in [0.2, 0.25) is 5.91 Å². The molecule has 0 spiro atoms. The number of carbonyl (C=O) groups is 1. The number of hydrogen-bond acceptors (Lipinski definition) is 3. The Morgan fingerprint density at radius 2 is 1.96 bits per heavy atom. The summed E-state index contributed by atoms with van der Waals surface area (Å²) >= 11 is 9.49. The number of carbonyl (C=O) groups excluding carboxylic acids is 1. The Morgan fingerprint density at radius 3 is 2.58 bits per heavy atom. The van der Waals surface area contributed by atoms with Crippen LogP contribution in [0.3, 0.4) is 0 Å². The summed E-state index contributed by atoms with van der Waals surface area (Å²) in [4.78, 5) is 12.2. The normalized spacial score (nSPS) is 11.9. The fourth-order valence-electron chi connectivity index (χ4n) is 2.24. The molecule has 0 bridgehead atoms. The van der Waals surface area contributed by atoms with Gasteiger partial charge in [0.05, 0.1) is 19.3 Å². The monoisotopic (exact) mass is 410 g/mol. The summed E-state index contributed by atoms with van der Waals surface area (Å²) in [5.74, 6) is 0.402. The zero-order chi connectivity index (χ0) is 17.7. The molecule has 1 amide bonds. The highest BCUT2D eigenvalue weighted by molar-refractivity contribution is 9.10. The highest BCUT2D eigenvalue weighted by Gasteiger charge is 2.12. The third-order valence-corrected chi connectivity index (χ3v) is 4.63.